The molecule has 1 aliphatic rings. The first-order valence-electron chi connectivity index (χ1n) is 6.75. The monoisotopic (exact) mass is 310 g/mol. The largest absolute Gasteiger partial charge is 0.366 e. The molecule has 100 valence electrons. The lowest BCUT2D eigenvalue weighted by Gasteiger charge is -2.42. The molecule has 1 saturated heterocycles. The summed E-state index contributed by atoms with van der Waals surface area (Å²) in [5.74, 6) is 0. The number of nitrogens with zero attached hydrogens (tertiary/aromatic N) is 1. The number of nitrogens with one attached hydrogen (secondary N) is 1. The third-order valence-corrected chi connectivity index (χ3v) is 4.72. The van der Waals surface area contributed by atoms with E-state index in [0.717, 1.165) is 19.6 Å². The van der Waals surface area contributed by atoms with Crippen LogP contribution in [-0.4, -0.2) is 25.2 Å². The molecule has 0 radical (unpaired) electrons. The molecule has 1 heterocycles. The Kier molecular flexibility index (Phi) is 4.33. The molecule has 1 aromatic rings. The molecule has 1 aliphatic heterocycles. The summed E-state index contributed by atoms with van der Waals surface area (Å²) in [6.45, 7) is 10.2. The van der Waals surface area contributed by atoms with Crippen LogP contribution in [0.4, 0.5) is 5.69 Å². The lowest BCUT2D eigenvalue weighted by Crippen LogP contribution is -2.49. The molecule has 2 rings (SSSR count). The summed E-state index contributed by atoms with van der Waals surface area (Å²) in [6, 6.07) is 6.69. The molecule has 0 aliphatic carbocycles. The number of halogens is 1. The summed E-state index contributed by atoms with van der Waals surface area (Å²) in [5.41, 5.74) is 2.87. The van der Waals surface area contributed by atoms with Crippen LogP contribution in [0.2, 0.25) is 0 Å². The SMILES string of the molecule is Cc1cc(N2CCCNCCC2(C)C)ccc1Br. The minimum Gasteiger partial charge on any atom is -0.366 e. The Hall–Kier alpha value is -0.540. The second-order valence-corrected chi connectivity index (χ2v) is 6.61. The standard InChI is InChI=1S/C15H23BrN2/c1-12-11-13(5-6-14(12)16)18-10-4-8-17-9-7-15(18,2)3/h5-6,11,17H,4,7-10H2,1-3H3. The maximum absolute atomic E-state index is 3.58. The van der Waals surface area contributed by atoms with Crippen molar-refractivity contribution in [3.8, 4) is 0 Å². The highest BCUT2D eigenvalue weighted by Crippen LogP contribution is 2.30. The van der Waals surface area contributed by atoms with Gasteiger partial charge in [0.15, 0.2) is 0 Å². The van der Waals surface area contributed by atoms with E-state index in [0.29, 0.717) is 0 Å². The minimum atomic E-state index is 0.216. The van der Waals surface area contributed by atoms with Crippen LogP contribution in [0.3, 0.4) is 0 Å². The maximum Gasteiger partial charge on any atom is 0.0374 e. The average Bonchev–Trinajstić information content (AvgIpc) is 2.29. The number of hydrogen-bond donors (Lipinski definition) is 1. The molecule has 2 nitrogen and oxygen atoms in total. The summed E-state index contributed by atoms with van der Waals surface area (Å²) in [4.78, 5) is 2.56. The van der Waals surface area contributed by atoms with Gasteiger partial charge in [0.2, 0.25) is 0 Å². The van der Waals surface area contributed by atoms with Crippen LogP contribution in [0.1, 0.15) is 32.3 Å². The van der Waals surface area contributed by atoms with E-state index in [9.17, 15) is 0 Å². The number of benzene rings is 1. The molecule has 0 unspecified atom stereocenters. The number of anilines is 1. The number of rotatable bonds is 1. The Labute approximate surface area is 119 Å². The molecule has 1 N–H and O–H groups in total. The van der Waals surface area contributed by atoms with Gasteiger partial charge in [-0.3, -0.25) is 0 Å². The lowest BCUT2D eigenvalue weighted by atomic mass is 9.95. The predicted molar refractivity (Wildman–Crippen MR) is 82.4 cm³/mol. The van der Waals surface area contributed by atoms with E-state index in [-0.39, 0.29) is 5.54 Å². The third kappa shape index (κ3) is 3.07. The van der Waals surface area contributed by atoms with E-state index < -0.39 is 0 Å². The Morgan fingerprint density at radius 1 is 1.28 bits per heavy atom. The highest BCUT2D eigenvalue weighted by atomic mass is 79.9. The molecule has 0 aromatic heterocycles. The maximum atomic E-state index is 3.58. The summed E-state index contributed by atoms with van der Waals surface area (Å²) in [7, 11) is 0. The quantitative estimate of drug-likeness (QED) is 0.850. The normalized spacial score (nSPS) is 20.3. The molecule has 0 amide bonds. The second kappa shape index (κ2) is 5.62. The van der Waals surface area contributed by atoms with Gasteiger partial charge in [0.1, 0.15) is 0 Å². The van der Waals surface area contributed by atoms with Crippen molar-refractivity contribution in [3.63, 3.8) is 0 Å². The van der Waals surface area contributed by atoms with Crippen LogP contribution in [0.25, 0.3) is 0 Å². The van der Waals surface area contributed by atoms with Crippen molar-refractivity contribution in [1.29, 1.82) is 0 Å². The zero-order chi connectivity index (χ0) is 13.2. The van der Waals surface area contributed by atoms with E-state index >= 15 is 0 Å². The first-order valence-corrected chi connectivity index (χ1v) is 7.54. The predicted octanol–water partition coefficient (Wildman–Crippen LogP) is 3.73. The van der Waals surface area contributed by atoms with Crippen LogP contribution in [0, 0.1) is 6.92 Å². The minimum absolute atomic E-state index is 0.216. The molecule has 0 spiro atoms. The lowest BCUT2D eigenvalue weighted by molar-refractivity contribution is 0.387. The fraction of sp³-hybridized carbons (Fsp3) is 0.600. The highest BCUT2D eigenvalue weighted by Gasteiger charge is 2.27. The van der Waals surface area contributed by atoms with Crippen LogP contribution < -0.4 is 10.2 Å². The molecule has 1 aromatic carbocycles. The van der Waals surface area contributed by atoms with E-state index in [2.05, 4.69) is 65.1 Å². The Morgan fingerprint density at radius 2 is 2.06 bits per heavy atom. The number of aryl methyl sites for hydroxylation is 1. The summed E-state index contributed by atoms with van der Waals surface area (Å²) in [5, 5.41) is 3.50. The van der Waals surface area contributed by atoms with Crippen molar-refractivity contribution in [2.45, 2.75) is 39.2 Å². The molecule has 3 heteroatoms. The van der Waals surface area contributed by atoms with Gasteiger partial charge in [0.25, 0.3) is 0 Å². The summed E-state index contributed by atoms with van der Waals surface area (Å²) >= 11 is 3.58. The molecule has 1 fully saturated rings. The fourth-order valence-corrected chi connectivity index (χ4v) is 2.84. The smallest absolute Gasteiger partial charge is 0.0374 e. The van der Waals surface area contributed by atoms with Gasteiger partial charge in [-0.1, -0.05) is 15.9 Å². The molecule has 0 atom stereocenters. The van der Waals surface area contributed by atoms with Crippen molar-refractivity contribution < 1.29 is 0 Å². The van der Waals surface area contributed by atoms with Crippen LogP contribution >= 0.6 is 15.9 Å². The van der Waals surface area contributed by atoms with Crippen LogP contribution in [-0.2, 0) is 0 Å². The third-order valence-electron chi connectivity index (χ3n) is 3.83. The van der Waals surface area contributed by atoms with Gasteiger partial charge in [0, 0.05) is 22.2 Å². The van der Waals surface area contributed by atoms with Crippen molar-refractivity contribution in [3.05, 3.63) is 28.2 Å². The van der Waals surface area contributed by atoms with Gasteiger partial charge in [0.05, 0.1) is 0 Å². The second-order valence-electron chi connectivity index (χ2n) is 5.75. The summed E-state index contributed by atoms with van der Waals surface area (Å²) in [6.07, 6.45) is 2.39. The van der Waals surface area contributed by atoms with E-state index in [1.165, 1.54) is 28.6 Å². The summed E-state index contributed by atoms with van der Waals surface area (Å²) < 4.78 is 1.19. The van der Waals surface area contributed by atoms with Crippen molar-refractivity contribution >= 4 is 21.6 Å². The van der Waals surface area contributed by atoms with Crippen LogP contribution in [0.5, 0.6) is 0 Å². The number of hydrogen-bond acceptors (Lipinski definition) is 2. The molecule has 0 bridgehead atoms. The Bertz CT molecular complexity index is 415. The Balaban J connectivity index is 2.29. The van der Waals surface area contributed by atoms with Gasteiger partial charge >= 0.3 is 0 Å². The zero-order valence-corrected chi connectivity index (χ0v) is 13.2. The van der Waals surface area contributed by atoms with Crippen molar-refractivity contribution in [2.75, 3.05) is 24.5 Å². The zero-order valence-electron chi connectivity index (χ0n) is 11.6. The Morgan fingerprint density at radius 3 is 2.78 bits per heavy atom. The van der Waals surface area contributed by atoms with E-state index in [1.54, 1.807) is 0 Å². The van der Waals surface area contributed by atoms with Gasteiger partial charge in [-0.25, -0.2) is 0 Å². The van der Waals surface area contributed by atoms with E-state index in [1.807, 2.05) is 0 Å². The molecule has 0 saturated carbocycles. The van der Waals surface area contributed by atoms with Crippen molar-refractivity contribution in [1.82, 2.24) is 5.32 Å². The van der Waals surface area contributed by atoms with E-state index in [4.69, 9.17) is 0 Å². The fourth-order valence-electron chi connectivity index (χ4n) is 2.59. The average molecular weight is 311 g/mol. The topological polar surface area (TPSA) is 15.3 Å². The first kappa shape index (κ1) is 13.9. The molecule has 18 heavy (non-hydrogen) atoms. The van der Waals surface area contributed by atoms with Gasteiger partial charge < -0.3 is 10.2 Å². The van der Waals surface area contributed by atoms with Gasteiger partial charge in [-0.2, -0.15) is 0 Å². The van der Waals surface area contributed by atoms with Gasteiger partial charge in [-0.15, -0.1) is 0 Å². The van der Waals surface area contributed by atoms with Gasteiger partial charge in [-0.05, 0) is 70.5 Å². The highest BCUT2D eigenvalue weighted by molar-refractivity contribution is 9.10. The molecular formula is C15H23BrN2. The molecular weight excluding hydrogens is 288 g/mol. The van der Waals surface area contributed by atoms with Crippen molar-refractivity contribution in [2.24, 2.45) is 0 Å². The first-order chi connectivity index (χ1) is 8.50. The van der Waals surface area contributed by atoms with Crippen LogP contribution in [0.15, 0.2) is 22.7 Å².